The van der Waals surface area contributed by atoms with Gasteiger partial charge in [0.1, 0.15) is 23.0 Å². The van der Waals surface area contributed by atoms with Crippen molar-refractivity contribution in [2.75, 3.05) is 13.6 Å². The zero-order valence-electron chi connectivity index (χ0n) is 15.7. The second kappa shape index (κ2) is 6.28. The van der Waals surface area contributed by atoms with Crippen LogP contribution in [0.5, 0.6) is 5.75 Å². The highest BCUT2D eigenvalue weighted by Crippen LogP contribution is 2.36. The molecule has 4 heterocycles. The Morgan fingerprint density at radius 3 is 2.78 bits per heavy atom. The summed E-state index contributed by atoms with van der Waals surface area (Å²) in [6.45, 7) is 6.45. The minimum Gasteiger partial charge on any atom is -0.486 e. The van der Waals surface area contributed by atoms with Crippen LogP contribution in [-0.2, 0) is 19.6 Å². The lowest BCUT2D eigenvalue weighted by molar-refractivity contribution is 0.296. The number of hydrogen-bond acceptors (Lipinski definition) is 6. The Kier molecular flexibility index (Phi) is 3.87. The third-order valence-corrected chi connectivity index (χ3v) is 6.17. The molecule has 0 unspecified atom stereocenters. The molecule has 0 atom stereocenters. The summed E-state index contributed by atoms with van der Waals surface area (Å²) in [5, 5.41) is 5.82. The van der Waals surface area contributed by atoms with E-state index in [9.17, 15) is 0 Å². The Hall–Kier alpha value is -2.51. The fourth-order valence-corrected chi connectivity index (χ4v) is 4.95. The first-order chi connectivity index (χ1) is 13.1. The molecule has 138 valence electrons. The molecule has 3 aromatic heterocycles. The molecule has 1 aliphatic heterocycles. The average molecular weight is 379 g/mol. The number of aryl methyl sites for hydroxylation is 2. The van der Waals surface area contributed by atoms with E-state index in [4.69, 9.17) is 14.7 Å². The normalized spacial score (nSPS) is 14.8. The molecule has 0 N–H and O–H groups in total. The number of hydrogen-bond donors (Lipinski definition) is 0. The second-order valence-corrected chi connectivity index (χ2v) is 8.28. The Morgan fingerprint density at radius 1 is 1.15 bits per heavy atom. The van der Waals surface area contributed by atoms with Crippen molar-refractivity contribution in [2.45, 2.75) is 33.4 Å². The lowest BCUT2D eigenvalue weighted by Gasteiger charge is -2.21. The van der Waals surface area contributed by atoms with Crippen molar-refractivity contribution in [3.8, 4) is 5.75 Å². The summed E-state index contributed by atoms with van der Waals surface area (Å²) in [7, 11) is 2.17. The zero-order chi connectivity index (χ0) is 18.5. The van der Waals surface area contributed by atoms with E-state index in [1.807, 2.05) is 35.7 Å². The number of thiophene rings is 1. The molecular weight excluding hydrogens is 358 g/mol. The number of benzene rings is 1. The molecule has 27 heavy (non-hydrogen) atoms. The summed E-state index contributed by atoms with van der Waals surface area (Å²) < 4.78 is 7.74. The smallest absolute Gasteiger partial charge is 0.189 e. The predicted octanol–water partition coefficient (Wildman–Crippen LogP) is 3.52. The van der Waals surface area contributed by atoms with Crippen molar-refractivity contribution < 1.29 is 4.74 Å². The van der Waals surface area contributed by atoms with Crippen LogP contribution in [0.2, 0.25) is 0 Å². The van der Waals surface area contributed by atoms with Crippen molar-refractivity contribution in [1.82, 2.24) is 24.5 Å². The highest BCUT2D eigenvalue weighted by atomic mass is 32.1. The fourth-order valence-electron chi connectivity index (χ4n) is 3.61. The van der Waals surface area contributed by atoms with Gasteiger partial charge in [-0.3, -0.25) is 0 Å². The van der Waals surface area contributed by atoms with Gasteiger partial charge in [-0.2, -0.15) is 4.52 Å². The van der Waals surface area contributed by atoms with Gasteiger partial charge in [-0.05, 0) is 45.0 Å². The standard InChI is InChI=1S/C20H21N5OS/c1-12-4-6-14(7-5-12)26-11-17-22-19-18-15-8-9-24(3)10-16(15)27-20(18)21-13(2)25(19)23-17/h4-7H,8-11H2,1-3H3. The molecule has 6 nitrogen and oxygen atoms in total. The molecular formula is C20H21N5OS. The zero-order valence-corrected chi connectivity index (χ0v) is 16.5. The monoisotopic (exact) mass is 379 g/mol. The summed E-state index contributed by atoms with van der Waals surface area (Å²) in [5.41, 5.74) is 3.51. The molecule has 0 bridgehead atoms. The minimum atomic E-state index is 0.348. The van der Waals surface area contributed by atoms with Crippen molar-refractivity contribution in [2.24, 2.45) is 0 Å². The molecule has 7 heteroatoms. The lowest BCUT2D eigenvalue weighted by Crippen LogP contribution is -2.25. The Morgan fingerprint density at radius 2 is 1.96 bits per heavy atom. The number of aromatic nitrogens is 4. The largest absolute Gasteiger partial charge is 0.486 e. The van der Waals surface area contributed by atoms with E-state index < -0.39 is 0 Å². The van der Waals surface area contributed by atoms with Gasteiger partial charge in [-0.25, -0.2) is 9.97 Å². The maximum atomic E-state index is 5.87. The minimum absolute atomic E-state index is 0.348. The summed E-state index contributed by atoms with van der Waals surface area (Å²) in [6, 6.07) is 8.03. The van der Waals surface area contributed by atoms with Crippen LogP contribution in [0, 0.1) is 13.8 Å². The molecule has 5 rings (SSSR count). The number of ether oxygens (including phenoxy) is 1. The second-order valence-electron chi connectivity index (χ2n) is 7.20. The van der Waals surface area contributed by atoms with Gasteiger partial charge >= 0.3 is 0 Å². The Bertz CT molecular complexity index is 1150. The van der Waals surface area contributed by atoms with Crippen molar-refractivity contribution in [3.05, 3.63) is 51.9 Å². The quantitative estimate of drug-likeness (QED) is 0.545. The first-order valence-electron chi connectivity index (χ1n) is 9.13. The van der Waals surface area contributed by atoms with Crippen LogP contribution >= 0.6 is 11.3 Å². The molecule has 0 saturated heterocycles. The summed E-state index contributed by atoms with van der Waals surface area (Å²) in [6.07, 6.45) is 1.04. The van der Waals surface area contributed by atoms with E-state index in [1.54, 1.807) is 11.3 Å². The SMILES string of the molecule is Cc1ccc(OCc2nc3c4c5c(sc4nc(C)n3n2)CN(C)CC5)cc1. The van der Waals surface area contributed by atoms with Gasteiger partial charge < -0.3 is 9.64 Å². The van der Waals surface area contributed by atoms with Gasteiger partial charge in [0.25, 0.3) is 0 Å². The van der Waals surface area contributed by atoms with E-state index in [0.717, 1.165) is 41.6 Å². The molecule has 0 radical (unpaired) electrons. The topological polar surface area (TPSA) is 55.6 Å². The van der Waals surface area contributed by atoms with Crippen LogP contribution in [0.4, 0.5) is 0 Å². The molecule has 0 saturated carbocycles. The maximum absolute atomic E-state index is 5.87. The molecule has 4 aromatic rings. The highest BCUT2D eigenvalue weighted by Gasteiger charge is 2.23. The number of likely N-dealkylation sites (N-methyl/N-ethyl adjacent to an activating group) is 1. The van der Waals surface area contributed by atoms with Crippen LogP contribution in [0.15, 0.2) is 24.3 Å². The Labute approximate surface area is 161 Å². The number of rotatable bonds is 3. The van der Waals surface area contributed by atoms with Gasteiger partial charge in [0.2, 0.25) is 0 Å². The third kappa shape index (κ3) is 2.87. The molecule has 0 amide bonds. The van der Waals surface area contributed by atoms with Crippen molar-refractivity contribution >= 4 is 27.2 Å². The van der Waals surface area contributed by atoms with Gasteiger partial charge in [-0.15, -0.1) is 16.4 Å². The van der Waals surface area contributed by atoms with Gasteiger partial charge in [0.15, 0.2) is 11.5 Å². The Balaban J connectivity index is 1.55. The van der Waals surface area contributed by atoms with E-state index >= 15 is 0 Å². The lowest BCUT2D eigenvalue weighted by atomic mass is 10.1. The molecule has 1 aliphatic rings. The molecule has 0 spiro atoms. The third-order valence-electron chi connectivity index (χ3n) is 5.06. The fraction of sp³-hybridized carbons (Fsp3) is 0.350. The maximum Gasteiger partial charge on any atom is 0.189 e. The number of nitrogens with zero attached hydrogens (tertiary/aromatic N) is 5. The van der Waals surface area contributed by atoms with E-state index in [2.05, 4.69) is 24.0 Å². The van der Waals surface area contributed by atoms with Crippen LogP contribution in [-0.4, -0.2) is 38.1 Å². The molecule has 1 aromatic carbocycles. The average Bonchev–Trinajstić information content (AvgIpc) is 3.22. The van der Waals surface area contributed by atoms with Gasteiger partial charge in [0, 0.05) is 18.0 Å². The van der Waals surface area contributed by atoms with Crippen LogP contribution in [0.1, 0.15) is 27.7 Å². The van der Waals surface area contributed by atoms with Crippen molar-refractivity contribution in [1.29, 1.82) is 0 Å². The van der Waals surface area contributed by atoms with Crippen molar-refractivity contribution in [3.63, 3.8) is 0 Å². The highest BCUT2D eigenvalue weighted by molar-refractivity contribution is 7.19. The van der Waals surface area contributed by atoms with Crippen LogP contribution < -0.4 is 4.74 Å². The van der Waals surface area contributed by atoms with Crippen LogP contribution in [0.25, 0.3) is 15.9 Å². The summed E-state index contributed by atoms with van der Waals surface area (Å²) >= 11 is 1.79. The van der Waals surface area contributed by atoms with E-state index in [-0.39, 0.29) is 0 Å². The van der Waals surface area contributed by atoms with E-state index in [0.29, 0.717) is 12.4 Å². The van der Waals surface area contributed by atoms with Gasteiger partial charge in [0.05, 0.1) is 5.39 Å². The molecule has 0 aliphatic carbocycles. The summed E-state index contributed by atoms with van der Waals surface area (Å²) in [4.78, 5) is 14.4. The van der Waals surface area contributed by atoms with E-state index in [1.165, 1.54) is 21.4 Å². The summed E-state index contributed by atoms with van der Waals surface area (Å²) in [5.74, 6) is 2.37. The van der Waals surface area contributed by atoms with Gasteiger partial charge in [-0.1, -0.05) is 17.7 Å². The number of fused-ring (bicyclic) bond motifs is 5. The predicted molar refractivity (Wildman–Crippen MR) is 106 cm³/mol. The first kappa shape index (κ1) is 16.6. The molecule has 0 fully saturated rings. The van der Waals surface area contributed by atoms with Crippen LogP contribution in [0.3, 0.4) is 0 Å². The first-order valence-corrected chi connectivity index (χ1v) is 9.94.